The molecule has 1 aliphatic heterocycles. The molecule has 1 saturated heterocycles. The van der Waals surface area contributed by atoms with Crippen LogP contribution in [0.2, 0.25) is 0 Å². The van der Waals surface area contributed by atoms with Crippen molar-refractivity contribution < 1.29 is 14.7 Å². The second kappa shape index (κ2) is 5.69. The van der Waals surface area contributed by atoms with Crippen LogP contribution < -0.4 is 11.1 Å². The van der Waals surface area contributed by atoms with Crippen LogP contribution in [0.15, 0.2) is 5.16 Å². The molecule has 3 unspecified atom stereocenters. The lowest BCUT2D eigenvalue weighted by atomic mass is 10.0. The van der Waals surface area contributed by atoms with Gasteiger partial charge in [-0.3, -0.25) is 4.79 Å². The summed E-state index contributed by atoms with van der Waals surface area (Å²) in [5.74, 6) is -0.151. The van der Waals surface area contributed by atoms with Crippen LogP contribution in [0, 0.1) is 11.8 Å². The minimum Gasteiger partial charge on any atom is -0.409 e. The SMILES string of the molecule is CC1CC(C(=O)NCC(C)C(N)=NO)CO1. The average Bonchev–Trinajstić information content (AvgIpc) is 2.71. The molecule has 0 spiro atoms. The van der Waals surface area contributed by atoms with Crippen molar-refractivity contribution in [1.82, 2.24) is 5.32 Å². The molecule has 0 saturated carbocycles. The molecule has 0 aliphatic carbocycles. The number of nitrogens with one attached hydrogen (secondary N) is 1. The fraction of sp³-hybridized carbons (Fsp3) is 0.800. The van der Waals surface area contributed by atoms with E-state index < -0.39 is 0 Å². The van der Waals surface area contributed by atoms with Crippen molar-refractivity contribution in [2.24, 2.45) is 22.7 Å². The minimum atomic E-state index is -0.173. The second-order valence-electron chi connectivity index (χ2n) is 4.25. The smallest absolute Gasteiger partial charge is 0.225 e. The summed E-state index contributed by atoms with van der Waals surface area (Å²) in [6.07, 6.45) is 0.904. The van der Waals surface area contributed by atoms with E-state index in [-0.39, 0.29) is 29.7 Å². The highest BCUT2D eigenvalue weighted by Gasteiger charge is 2.28. The van der Waals surface area contributed by atoms with Crippen molar-refractivity contribution in [3.8, 4) is 0 Å². The zero-order valence-electron chi connectivity index (χ0n) is 9.64. The predicted molar refractivity (Wildman–Crippen MR) is 59.1 cm³/mol. The van der Waals surface area contributed by atoms with Gasteiger partial charge in [-0.05, 0) is 13.3 Å². The van der Waals surface area contributed by atoms with Crippen LogP contribution >= 0.6 is 0 Å². The Balaban J connectivity index is 2.30. The van der Waals surface area contributed by atoms with Crippen molar-refractivity contribution >= 4 is 11.7 Å². The number of hydrogen-bond donors (Lipinski definition) is 3. The molecule has 4 N–H and O–H groups in total. The monoisotopic (exact) mass is 229 g/mol. The van der Waals surface area contributed by atoms with E-state index in [0.29, 0.717) is 13.2 Å². The number of nitrogens with zero attached hydrogens (tertiary/aromatic N) is 1. The van der Waals surface area contributed by atoms with Crippen LogP contribution in [0.5, 0.6) is 0 Å². The number of nitrogens with two attached hydrogens (primary N) is 1. The summed E-state index contributed by atoms with van der Waals surface area (Å²) in [5, 5.41) is 14.1. The molecule has 1 rings (SSSR count). The van der Waals surface area contributed by atoms with Gasteiger partial charge in [0.15, 0.2) is 0 Å². The molecule has 0 radical (unpaired) electrons. The molecule has 92 valence electrons. The molecule has 0 aromatic carbocycles. The van der Waals surface area contributed by atoms with Gasteiger partial charge in [0.05, 0.1) is 18.6 Å². The molecular formula is C10H19N3O3. The highest BCUT2D eigenvalue weighted by atomic mass is 16.5. The third-order valence-electron chi connectivity index (χ3n) is 2.77. The van der Waals surface area contributed by atoms with Gasteiger partial charge in [-0.2, -0.15) is 0 Å². The third kappa shape index (κ3) is 3.37. The highest BCUT2D eigenvalue weighted by molar-refractivity contribution is 5.83. The summed E-state index contributed by atoms with van der Waals surface area (Å²) in [4.78, 5) is 11.7. The number of ether oxygens (including phenoxy) is 1. The van der Waals surface area contributed by atoms with Gasteiger partial charge in [0.1, 0.15) is 5.84 Å². The fourth-order valence-corrected chi connectivity index (χ4v) is 1.60. The molecule has 1 heterocycles. The summed E-state index contributed by atoms with van der Waals surface area (Å²) in [6, 6.07) is 0. The summed E-state index contributed by atoms with van der Waals surface area (Å²) in [6.45, 7) is 4.58. The van der Waals surface area contributed by atoms with Crippen molar-refractivity contribution in [2.75, 3.05) is 13.2 Å². The molecule has 1 amide bonds. The molecule has 1 aliphatic rings. The highest BCUT2D eigenvalue weighted by Crippen LogP contribution is 2.18. The molecule has 0 bridgehead atoms. The normalized spacial score (nSPS) is 27.8. The Morgan fingerprint density at radius 3 is 2.94 bits per heavy atom. The van der Waals surface area contributed by atoms with E-state index in [0.717, 1.165) is 6.42 Å². The van der Waals surface area contributed by atoms with E-state index in [1.54, 1.807) is 6.92 Å². The van der Waals surface area contributed by atoms with Gasteiger partial charge in [0.25, 0.3) is 0 Å². The topological polar surface area (TPSA) is 96.9 Å². The van der Waals surface area contributed by atoms with Crippen LogP contribution in [-0.2, 0) is 9.53 Å². The van der Waals surface area contributed by atoms with Gasteiger partial charge >= 0.3 is 0 Å². The fourth-order valence-electron chi connectivity index (χ4n) is 1.60. The van der Waals surface area contributed by atoms with Crippen molar-refractivity contribution in [3.63, 3.8) is 0 Å². The van der Waals surface area contributed by atoms with Gasteiger partial charge in [-0.1, -0.05) is 12.1 Å². The molecule has 16 heavy (non-hydrogen) atoms. The lowest BCUT2D eigenvalue weighted by molar-refractivity contribution is -0.125. The molecule has 0 aromatic rings. The number of rotatable bonds is 4. The van der Waals surface area contributed by atoms with Crippen molar-refractivity contribution in [1.29, 1.82) is 0 Å². The van der Waals surface area contributed by atoms with Crippen molar-refractivity contribution in [3.05, 3.63) is 0 Å². The Bertz CT molecular complexity index is 280. The van der Waals surface area contributed by atoms with E-state index in [2.05, 4.69) is 10.5 Å². The number of hydrogen-bond acceptors (Lipinski definition) is 4. The standard InChI is InChI=1S/C10H19N3O3/c1-6(9(11)13-15)4-12-10(14)8-3-7(2)16-5-8/h6-8,15H,3-5H2,1-2H3,(H2,11,13)(H,12,14). The minimum absolute atomic E-state index is 0.0260. The maximum Gasteiger partial charge on any atom is 0.225 e. The Hall–Kier alpha value is -1.30. The van der Waals surface area contributed by atoms with Gasteiger partial charge < -0.3 is 21.0 Å². The van der Waals surface area contributed by atoms with Gasteiger partial charge in [0, 0.05) is 12.5 Å². The van der Waals surface area contributed by atoms with Crippen molar-refractivity contribution in [2.45, 2.75) is 26.4 Å². The maximum absolute atomic E-state index is 11.7. The summed E-state index contributed by atoms with van der Waals surface area (Å²) in [5.41, 5.74) is 5.40. The van der Waals surface area contributed by atoms with Crippen LogP contribution in [-0.4, -0.2) is 36.2 Å². The number of carbonyl (C=O) groups excluding carboxylic acids is 1. The number of amides is 1. The zero-order valence-corrected chi connectivity index (χ0v) is 9.64. The summed E-state index contributed by atoms with van der Waals surface area (Å²) < 4.78 is 5.31. The van der Waals surface area contributed by atoms with E-state index in [1.807, 2.05) is 6.92 Å². The van der Waals surface area contributed by atoms with E-state index in [1.165, 1.54) is 0 Å². The Labute approximate surface area is 94.8 Å². The van der Waals surface area contributed by atoms with E-state index >= 15 is 0 Å². The number of amidine groups is 1. The molecule has 6 heteroatoms. The van der Waals surface area contributed by atoms with Gasteiger partial charge in [0.2, 0.25) is 5.91 Å². The quantitative estimate of drug-likeness (QED) is 0.271. The second-order valence-corrected chi connectivity index (χ2v) is 4.25. The first-order valence-electron chi connectivity index (χ1n) is 5.41. The maximum atomic E-state index is 11.7. The lowest BCUT2D eigenvalue weighted by Crippen LogP contribution is -2.38. The van der Waals surface area contributed by atoms with Gasteiger partial charge in [-0.25, -0.2) is 0 Å². The molecule has 6 nitrogen and oxygen atoms in total. The van der Waals surface area contributed by atoms with Crippen LogP contribution in [0.3, 0.4) is 0 Å². The van der Waals surface area contributed by atoms with E-state index in [4.69, 9.17) is 15.7 Å². The average molecular weight is 229 g/mol. The van der Waals surface area contributed by atoms with Crippen LogP contribution in [0.4, 0.5) is 0 Å². The first-order chi connectivity index (χ1) is 7.54. The van der Waals surface area contributed by atoms with Crippen LogP contribution in [0.25, 0.3) is 0 Å². The lowest BCUT2D eigenvalue weighted by Gasteiger charge is -2.13. The molecule has 3 atom stereocenters. The molecule has 0 aromatic heterocycles. The predicted octanol–water partition coefficient (Wildman–Crippen LogP) is -0.0899. The Morgan fingerprint density at radius 2 is 2.44 bits per heavy atom. The molecular weight excluding hydrogens is 210 g/mol. The first-order valence-corrected chi connectivity index (χ1v) is 5.41. The Kier molecular flexibility index (Phi) is 4.54. The van der Waals surface area contributed by atoms with Crippen LogP contribution in [0.1, 0.15) is 20.3 Å². The Morgan fingerprint density at radius 1 is 1.75 bits per heavy atom. The van der Waals surface area contributed by atoms with Gasteiger partial charge in [-0.15, -0.1) is 0 Å². The largest absolute Gasteiger partial charge is 0.409 e. The summed E-state index contributed by atoms with van der Waals surface area (Å²) >= 11 is 0. The van der Waals surface area contributed by atoms with E-state index in [9.17, 15) is 4.79 Å². The molecule has 1 fully saturated rings. The first kappa shape index (κ1) is 12.8. The number of carbonyl (C=O) groups is 1. The summed E-state index contributed by atoms with van der Waals surface area (Å²) in [7, 11) is 0. The zero-order chi connectivity index (χ0) is 12.1. The number of oxime groups is 1. The third-order valence-corrected chi connectivity index (χ3v) is 2.77.